The number of nitrogens with zero attached hydrogens (tertiary/aromatic N) is 3. The van der Waals surface area contributed by atoms with Crippen LogP contribution in [0.15, 0.2) is 10.0 Å². The Morgan fingerprint density at radius 2 is 2.29 bits per heavy atom. The van der Waals surface area contributed by atoms with Crippen LogP contribution in [-0.4, -0.2) is 42.1 Å². The lowest BCUT2D eigenvalue weighted by Gasteiger charge is -2.13. The van der Waals surface area contributed by atoms with Gasteiger partial charge in [0.05, 0.1) is 19.2 Å². The van der Waals surface area contributed by atoms with Crippen LogP contribution in [0.2, 0.25) is 0 Å². The van der Waals surface area contributed by atoms with E-state index in [0.717, 1.165) is 11.3 Å². The number of ether oxygens (including phenoxy) is 2. The van der Waals surface area contributed by atoms with Crippen molar-refractivity contribution in [2.45, 2.75) is 25.7 Å². The number of rotatable bonds is 7. The Kier molecular flexibility index (Phi) is 5.40. The van der Waals surface area contributed by atoms with E-state index in [2.05, 4.69) is 15.4 Å². The standard InChI is InChI=1S/C13H17N3O4S/c1-8-11(9(4-5-18-2)6-10(17)19-3)16-20-12(8)13-15-14-7-21-13/h7,9H,4-6H2,1-3H3. The molecule has 2 aromatic heterocycles. The van der Waals surface area contributed by atoms with Crippen molar-refractivity contribution in [1.82, 2.24) is 15.4 Å². The van der Waals surface area contributed by atoms with Gasteiger partial charge in [0, 0.05) is 25.2 Å². The summed E-state index contributed by atoms with van der Waals surface area (Å²) in [4.78, 5) is 11.6. The molecule has 0 aliphatic carbocycles. The first-order chi connectivity index (χ1) is 10.2. The number of hydrogen-bond donors (Lipinski definition) is 0. The Balaban J connectivity index is 2.25. The van der Waals surface area contributed by atoms with Gasteiger partial charge in [-0.1, -0.05) is 16.5 Å². The summed E-state index contributed by atoms with van der Waals surface area (Å²) in [5.41, 5.74) is 3.24. The molecule has 0 aliphatic heterocycles. The summed E-state index contributed by atoms with van der Waals surface area (Å²) in [5, 5.41) is 12.6. The van der Waals surface area contributed by atoms with E-state index in [9.17, 15) is 4.79 Å². The van der Waals surface area contributed by atoms with Gasteiger partial charge >= 0.3 is 5.97 Å². The number of esters is 1. The van der Waals surface area contributed by atoms with E-state index in [4.69, 9.17) is 14.0 Å². The molecule has 0 saturated carbocycles. The Morgan fingerprint density at radius 3 is 2.90 bits per heavy atom. The van der Waals surface area contributed by atoms with Crippen LogP contribution in [0.5, 0.6) is 0 Å². The summed E-state index contributed by atoms with van der Waals surface area (Å²) in [5.74, 6) is 0.207. The summed E-state index contributed by atoms with van der Waals surface area (Å²) in [6, 6.07) is 0. The van der Waals surface area contributed by atoms with Gasteiger partial charge in [0.1, 0.15) is 5.51 Å². The molecule has 0 spiro atoms. The lowest BCUT2D eigenvalue weighted by atomic mass is 9.94. The van der Waals surface area contributed by atoms with Gasteiger partial charge in [-0.25, -0.2) is 0 Å². The first-order valence-electron chi connectivity index (χ1n) is 6.45. The molecule has 0 N–H and O–H groups in total. The monoisotopic (exact) mass is 311 g/mol. The zero-order chi connectivity index (χ0) is 15.2. The SMILES string of the molecule is COCCC(CC(=O)OC)c1noc(-c2nncs2)c1C. The molecule has 21 heavy (non-hydrogen) atoms. The van der Waals surface area contributed by atoms with E-state index < -0.39 is 0 Å². The number of methoxy groups -OCH3 is 2. The molecule has 0 amide bonds. The fourth-order valence-corrected chi connectivity index (χ4v) is 2.67. The molecule has 8 heteroatoms. The van der Waals surface area contributed by atoms with Crippen molar-refractivity contribution in [2.75, 3.05) is 20.8 Å². The zero-order valence-electron chi connectivity index (χ0n) is 12.2. The third-order valence-corrected chi connectivity index (χ3v) is 3.90. The highest BCUT2D eigenvalue weighted by Gasteiger charge is 2.25. The second-order valence-corrected chi connectivity index (χ2v) is 5.36. The van der Waals surface area contributed by atoms with Gasteiger partial charge in [0.2, 0.25) is 5.76 Å². The van der Waals surface area contributed by atoms with Gasteiger partial charge in [0.15, 0.2) is 5.01 Å². The largest absolute Gasteiger partial charge is 0.469 e. The summed E-state index contributed by atoms with van der Waals surface area (Å²) in [6.45, 7) is 2.43. The minimum atomic E-state index is -0.282. The number of carbonyl (C=O) groups excluding carboxylic acids is 1. The maximum absolute atomic E-state index is 11.6. The lowest BCUT2D eigenvalue weighted by molar-refractivity contribution is -0.141. The molecular formula is C13H17N3O4S. The van der Waals surface area contributed by atoms with E-state index in [1.54, 1.807) is 12.6 Å². The molecule has 0 bridgehead atoms. The second kappa shape index (κ2) is 7.28. The van der Waals surface area contributed by atoms with E-state index in [1.165, 1.54) is 18.4 Å². The van der Waals surface area contributed by atoms with Crippen LogP contribution >= 0.6 is 11.3 Å². The van der Waals surface area contributed by atoms with Crippen molar-refractivity contribution in [1.29, 1.82) is 0 Å². The van der Waals surface area contributed by atoms with Crippen LogP contribution in [0.4, 0.5) is 0 Å². The maximum atomic E-state index is 11.6. The van der Waals surface area contributed by atoms with Crippen molar-refractivity contribution in [2.24, 2.45) is 0 Å². The number of hydrogen-bond acceptors (Lipinski definition) is 8. The van der Waals surface area contributed by atoms with Gasteiger partial charge in [-0.3, -0.25) is 4.79 Å². The zero-order valence-corrected chi connectivity index (χ0v) is 13.0. The molecule has 1 unspecified atom stereocenters. The Labute approximate surface area is 126 Å². The van der Waals surface area contributed by atoms with Crippen molar-refractivity contribution < 1.29 is 18.8 Å². The topological polar surface area (TPSA) is 87.3 Å². The van der Waals surface area contributed by atoms with Gasteiger partial charge in [-0.2, -0.15) is 0 Å². The van der Waals surface area contributed by atoms with Crippen LogP contribution < -0.4 is 0 Å². The average Bonchev–Trinajstić information content (AvgIpc) is 3.12. The third kappa shape index (κ3) is 3.64. The van der Waals surface area contributed by atoms with Crippen LogP contribution in [0.3, 0.4) is 0 Å². The molecule has 2 heterocycles. The van der Waals surface area contributed by atoms with E-state index in [1.807, 2.05) is 6.92 Å². The number of carbonyl (C=O) groups is 1. The molecule has 2 aromatic rings. The molecule has 0 saturated heterocycles. The first-order valence-corrected chi connectivity index (χ1v) is 7.33. The predicted molar refractivity (Wildman–Crippen MR) is 76.0 cm³/mol. The Hall–Kier alpha value is -1.80. The Bertz CT molecular complexity index is 582. The molecule has 0 fully saturated rings. The van der Waals surface area contributed by atoms with Crippen LogP contribution in [0.25, 0.3) is 10.8 Å². The highest BCUT2D eigenvalue weighted by molar-refractivity contribution is 7.12. The minimum Gasteiger partial charge on any atom is -0.469 e. The normalized spacial score (nSPS) is 12.3. The first kappa shape index (κ1) is 15.6. The smallest absolute Gasteiger partial charge is 0.306 e. The van der Waals surface area contributed by atoms with Gasteiger partial charge in [-0.05, 0) is 13.3 Å². The van der Waals surface area contributed by atoms with E-state index in [-0.39, 0.29) is 18.3 Å². The van der Waals surface area contributed by atoms with Crippen molar-refractivity contribution in [3.8, 4) is 10.8 Å². The van der Waals surface area contributed by atoms with Crippen LogP contribution in [0.1, 0.15) is 30.0 Å². The average molecular weight is 311 g/mol. The van der Waals surface area contributed by atoms with Crippen molar-refractivity contribution in [3.05, 3.63) is 16.8 Å². The fraction of sp³-hybridized carbons (Fsp3) is 0.538. The van der Waals surface area contributed by atoms with E-state index in [0.29, 0.717) is 23.8 Å². The van der Waals surface area contributed by atoms with E-state index >= 15 is 0 Å². The summed E-state index contributed by atoms with van der Waals surface area (Å²) in [7, 11) is 3.00. The van der Waals surface area contributed by atoms with Crippen LogP contribution in [0, 0.1) is 6.92 Å². The minimum absolute atomic E-state index is 0.108. The lowest BCUT2D eigenvalue weighted by Crippen LogP contribution is -2.12. The molecule has 0 radical (unpaired) electrons. The fourth-order valence-electron chi connectivity index (χ4n) is 2.08. The van der Waals surface area contributed by atoms with Gasteiger partial charge < -0.3 is 14.0 Å². The van der Waals surface area contributed by atoms with Crippen molar-refractivity contribution in [3.63, 3.8) is 0 Å². The molecule has 0 aromatic carbocycles. The summed E-state index contributed by atoms with van der Waals surface area (Å²) in [6.07, 6.45) is 0.900. The molecular weight excluding hydrogens is 294 g/mol. The van der Waals surface area contributed by atoms with Gasteiger partial charge in [0.25, 0.3) is 0 Å². The second-order valence-electron chi connectivity index (χ2n) is 4.52. The maximum Gasteiger partial charge on any atom is 0.306 e. The highest BCUT2D eigenvalue weighted by atomic mass is 32.1. The number of aromatic nitrogens is 3. The predicted octanol–water partition coefficient (Wildman–Crippen LogP) is 2.18. The Morgan fingerprint density at radius 1 is 1.48 bits per heavy atom. The summed E-state index contributed by atoms with van der Waals surface area (Å²) >= 11 is 1.38. The molecule has 1 atom stereocenters. The third-order valence-electron chi connectivity index (χ3n) is 3.21. The highest BCUT2D eigenvalue weighted by Crippen LogP contribution is 2.33. The molecule has 114 valence electrons. The van der Waals surface area contributed by atoms with Crippen molar-refractivity contribution >= 4 is 17.3 Å². The quantitative estimate of drug-likeness (QED) is 0.724. The van der Waals surface area contributed by atoms with Crippen LogP contribution in [-0.2, 0) is 14.3 Å². The molecule has 2 rings (SSSR count). The van der Waals surface area contributed by atoms with Gasteiger partial charge in [-0.15, -0.1) is 10.2 Å². The summed E-state index contributed by atoms with van der Waals surface area (Å²) < 4.78 is 15.2. The molecule has 0 aliphatic rings. The molecule has 7 nitrogen and oxygen atoms in total.